The van der Waals surface area contributed by atoms with Gasteiger partial charge in [0.15, 0.2) is 0 Å². The lowest BCUT2D eigenvalue weighted by atomic mass is 9.87. The van der Waals surface area contributed by atoms with E-state index in [0.717, 1.165) is 26.7 Å². The maximum atomic E-state index is 10.1. The van der Waals surface area contributed by atoms with Crippen LogP contribution in [0, 0.1) is 5.92 Å². The zero-order valence-electron chi connectivity index (χ0n) is 17.5. The molecule has 1 saturated carbocycles. The summed E-state index contributed by atoms with van der Waals surface area (Å²) in [4.78, 5) is 0. The Labute approximate surface area is 181 Å². The predicted octanol–water partition coefficient (Wildman–Crippen LogP) is 5.51. The molecule has 5 unspecified atom stereocenters. The number of ether oxygens (including phenoxy) is 2. The van der Waals surface area contributed by atoms with Crippen LogP contribution in [0.5, 0.6) is 11.5 Å². The molecule has 0 saturated heterocycles. The Hall–Kier alpha value is -1.30. The summed E-state index contributed by atoms with van der Waals surface area (Å²) in [6.45, 7) is 6.86. The van der Waals surface area contributed by atoms with E-state index in [9.17, 15) is 10.2 Å². The summed E-state index contributed by atoms with van der Waals surface area (Å²) in [6.07, 6.45) is 2.74. The van der Waals surface area contributed by atoms with Crippen LogP contribution in [-0.4, -0.2) is 35.6 Å². The highest BCUT2D eigenvalue weighted by Gasteiger charge is 2.48. The van der Waals surface area contributed by atoms with Gasteiger partial charge in [0.1, 0.15) is 24.7 Å². The van der Waals surface area contributed by atoms with Crippen molar-refractivity contribution in [1.29, 1.82) is 0 Å². The molecule has 5 heteroatoms. The van der Waals surface area contributed by atoms with E-state index in [1.807, 2.05) is 19.9 Å². The number of rotatable bonds is 8. The van der Waals surface area contributed by atoms with E-state index in [2.05, 4.69) is 35.0 Å². The molecule has 158 valence electrons. The molecule has 2 bridgehead atoms. The van der Waals surface area contributed by atoms with E-state index in [0.29, 0.717) is 43.8 Å². The van der Waals surface area contributed by atoms with Crippen LogP contribution in [0.1, 0.15) is 69.4 Å². The molecule has 0 radical (unpaired) electrons. The zero-order chi connectivity index (χ0) is 20.7. The number of aliphatic hydroxyl groups is 2. The molecule has 0 spiro atoms. The maximum absolute atomic E-state index is 10.1. The second-order valence-electron chi connectivity index (χ2n) is 8.57. The number of hydrogen-bond acceptors (Lipinski definition) is 4. The Morgan fingerprint density at radius 1 is 0.931 bits per heavy atom. The van der Waals surface area contributed by atoms with Crippen LogP contribution in [-0.2, 0) is 0 Å². The highest BCUT2D eigenvalue weighted by molar-refractivity contribution is 9.10. The molecule has 0 heterocycles. The van der Waals surface area contributed by atoms with Gasteiger partial charge in [0, 0.05) is 26.4 Å². The third-order valence-corrected chi connectivity index (χ3v) is 7.33. The highest BCUT2D eigenvalue weighted by Crippen LogP contribution is 2.63. The van der Waals surface area contributed by atoms with Crippen LogP contribution in [0.3, 0.4) is 0 Å². The van der Waals surface area contributed by atoms with Crippen LogP contribution in [0.25, 0.3) is 10.8 Å². The summed E-state index contributed by atoms with van der Waals surface area (Å²) in [5, 5.41) is 22.3. The van der Waals surface area contributed by atoms with Crippen LogP contribution in [0.4, 0.5) is 0 Å². The van der Waals surface area contributed by atoms with E-state index in [4.69, 9.17) is 9.47 Å². The lowest BCUT2D eigenvalue weighted by Gasteiger charge is -2.26. The number of benzene rings is 2. The van der Waals surface area contributed by atoms with Gasteiger partial charge in [0.05, 0.1) is 12.2 Å². The second-order valence-corrected chi connectivity index (χ2v) is 9.49. The van der Waals surface area contributed by atoms with E-state index >= 15 is 0 Å². The van der Waals surface area contributed by atoms with Gasteiger partial charge in [-0.3, -0.25) is 0 Å². The predicted molar refractivity (Wildman–Crippen MR) is 119 cm³/mol. The van der Waals surface area contributed by atoms with Crippen LogP contribution >= 0.6 is 15.9 Å². The summed E-state index contributed by atoms with van der Waals surface area (Å²) in [5.74, 6) is 3.31. The standard InChI is InChI=1S/C24H31BrO4/c1-4-15(26)11-28-23-19-7-6-14(25)10-20(19)24(29-12-16(27)5-2)22-18-9-8-17(13(18)3)21(22)23/h6-7,10,13,15-18,26-27H,4-5,8-9,11-12H2,1-3H3. The van der Waals surface area contributed by atoms with Crippen molar-refractivity contribution in [2.75, 3.05) is 13.2 Å². The first-order chi connectivity index (χ1) is 14.0. The van der Waals surface area contributed by atoms with Crippen molar-refractivity contribution in [1.82, 2.24) is 0 Å². The topological polar surface area (TPSA) is 58.9 Å². The minimum atomic E-state index is -0.473. The average molecular weight is 463 g/mol. The molecule has 29 heavy (non-hydrogen) atoms. The van der Waals surface area contributed by atoms with Crippen molar-refractivity contribution >= 4 is 26.7 Å². The third kappa shape index (κ3) is 3.66. The van der Waals surface area contributed by atoms with Crippen molar-refractivity contribution in [2.24, 2.45) is 5.92 Å². The number of halogens is 1. The molecule has 2 aliphatic rings. The molecule has 2 N–H and O–H groups in total. The lowest BCUT2D eigenvalue weighted by molar-refractivity contribution is 0.102. The highest BCUT2D eigenvalue weighted by atomic mass is 79.9. The first-order valence-corrected chi connectivity index (χ1v) is 11.7. The molecule has 2 aromatic carbocycles. The average Bonchev–Trinajstić information content (AvgIpc) is 3.22. The molecule has 2 aliphatic carbocycles. The van der Waals surface area contributed by atoms with Gasteiger partial charge in [-0.2, -0.15) is 0 Å². The minimum Gasteiger partial charge on any atom is -0.490 e. The summed E-state index contributed by atoms with van der Waals surface area (Å²) < 4.78 is 13.6. The fraction of sp³-hybridized carbons (Fsp3) is 0.583. The monoisotopic (exact) mass is 462 g/mol. The van der Waals surface area contributed by atoms with Crippen LogP contribution in [0.15, 0.2) is 22.7 Å². The molecular formula is C24H31BrO4. The molecule has 2 aromatic rings. The Balaban J connectivity index is 1.89. The molecule has 5 atom stereocenters. The normalized spacial score (nSPS) is 24.6. The summed E-state index contributed by atoms with van der Waals surface area (Å²) in [5.41, 5.74) is 2.54. The zero-order valence-corrected chi connectivity index (χ0v) is 19.0. The van der Waals surface area contributed by atoms with Gasteiger partial charge in [-0.25, -0.2) is 0 Å². The largest absolute Gasteiger partial charge is 0.490 e. The Bertz CT molecular complexity index is 896. The molecule has 1 fully saturated rings. The van der Waals surface area contributed by atoms with Crippen molar-refractivity contribution in [3.63, 3.8) is 0 Å². The van der Waals surface area contributed by atoms with Gasteiger partial charge in [-0.1, -0.05) is 36.7 Å². The fourth-order valence-electron chi connectivity index (χ4n) is 5.06. The Kier molecular flexibility index (Phi) is 6.10. The van der Waals surface area contributed by atoms with Crippen molar-refractivity contribution in [3.8, 4) is 11.5 Å². The van der Waals surface area contributed by atoms with Gasteiger partial charge in [-0.05, 0) is 61.6 Å². The summed E-state index contributed by atoms with van der Waals surface area (Å²) in [7, 11) is 0. The Morgan fingerprint density at radius 3 is 1.97 bits per heavy atom. The quantitative estimate of drug-likeness (QED) is 0.542. The van der Waals surface area contributed by atoms with E-state index < -0.39 is 12.2 Å². The van der Waals surface area contributed by atoms with E-state index in [1.165, 1.54) is 24.0 Å². The second kappa shape index (κ2) is 8.44. The van der Waals surface area contributed by atoms with E-state index in [1.54, 1.807) is 0 Å². The first-order valence-electron chi connectivity index (χ1n) is 10.9. The molecular weight excluding hydrogens is 432 g/mol. The maximum Gasteiger partial charge on any atom is 0.131 e. The van der Waals surface area contributed by atoms with Gasteiger partial charge in [-0.15, -0.1) is 0 Å². The summed E-state index contributed by atoms with van der Waals surface area (Å²) >= 11 is 3.61. The van der Waals surface area contributed by atoms with Crippen LogP contribution in [0.2, 0.25) is 0 Å². The molecule has 0 aromatic heterocycles. The third-order valence-electron chi connectivity index (χ3n) is 6.83. The van der Waals surface area contributed by atoms with Crippen molar-refractivity contribution in [2.45, 2.75) is 70.5 Å². The van der Waals surface area contributed by atoms with Crippen molar-refractivity contribution in [3.05, 3.63) is 33.8 Å². The number of hydrogen-bond donors (Lipinski definition) is 2. The molecule has 0 amide bonds. The van der Waals surface area contributed by atoms with Gasteiger partial charge in [0.2, 0.25) is 0 Å². The number of aliphatic hydroxyl groups excluding tert-OH is 2. The molecule has 4 nitrogen and oxygen atoms in total. The summed E-state index contributed by atoms with van der Waals surface area (Å²) in [6, 6.07) is 6.19. The smallest absolute Gasteiger partial charge is 0.131 e. The van der Waals surface area contributed by atoms with Crippen LogP contribution < -0.4 is 9.47 Å². The molecule has 4 rings (SSSR count). The SMILES string of the molecule is CCC(O)COc1c2c(c(OCC(O)CC)c3cc(Br)ccc13)C1CCC2C1C. The van der Waals surface area contributed by atoms with Gasteiger partial charge in [0.25, 0.3) is 0 Å². The van der Waals surface area contributed by atoms with Crippen molar-refractivity contribution < 1.29 is 19.7 Å². The minimum absolute atomic E-state index is 0.297. The van der Waals surface area contributed by atoms with E-state index in [-0.39, 0.29) is 0 Å². The van der Waals surface area contributed by atoms with Gasteiger partial charge >= 0.3 is 0 Å². The molecule has 0 aliphatic heterocycles. The lowest BCUT2D eigenvalue weighted by Crippen LogP contribution is -2.19. The Morgan fingerprint density at radius 2 is 1.45 bits per heavy atom. The van der Waals surface area contributed by atoms with Gasteiger partial charge < -0.3 is 19.7 Å². The number of fused-ring (bicyclic) bond motifs is 6. The fourth-order valence-corrected chi connectivity index (χ4v) is 5.42. The first kappa shape index (κ1) is 21.0.